The number of nitro groups is 1. The predicted octanol–water partition coefficient (Wildman–Crippen LogP) is 3.68. The SMILES string of the molecule is COc1cc(-c2cccc(C(F)(F)F)c2)cnc1[N+](=O)[O-]. The fraction of sp³-hybridized carbons (Fsp3) is 0.154. The van der Waals surface area contributed by atoms with Gasteiger partial charge in [-0.05, 0) is 27.6 Å². The Labute approximate surface area is 117 Å². The predicted molar refractivity (Wildman–Crippen MR) is 67.9 cm³/mol. The van der Waals surface area contributed by atoms with Crippen molar-refractivity contribution >= 4 is 5.82 Å². The molecule has 110 valence electrons. The summed E-state index contributed by atoms with van der Waals surface area (Å²) in [7, 11) is 1.22. The minimum Gasteiger partial charge on any atom is -0.489 e. The summed E-state index contributed by atoms with van der Waals surface area (Å²) in [5, 5.41) is 10.7. The van der Waals surface area contributed by atoms with Crippen LogP contribution in [0.15, 0.2) is 36.5 Å². The second-order valence-corrected chi connectivity index (χ2v) is 4.09. The highest BCUT2D eigenvalue weighted by atomic mass is 19.4. The molecule has 0 saturated heterocycles. The molecule has 2 aromatic rings. The molecule has 0 unspecified atom stereocenters. The number of methoxy groups -OCH3 is 1. The third kappa shape index (κ3) is 3.10. The number of alkyl halides is 3. The number of pyridine rings is 1. The Kier molecular flexibility index (Phi) is 3.79. The molecule has 0 bridgehead atoms. The van der Waals surface area contributed by atoms with E-state index < -0.39 is 22.5 Å². The van der Waals surface area contributed by atoms with E-state index in [1.54, 1.807) is 0 Å². The summed E-state index contributed by atoms with van der Waals surface area (Å²) >= 11 is 0. The molecule has 0 atom stereocenters. The van der Waals surface area contributed by atoms with Gasteiger partial charge in [-0.3, -0.25) is 0 Å². The van der Waals surface area contributed by atoms with Gasteiger partial charge in [0.25, 0.3) is 0 Å². The average Bonchev–Trinajstić information content (AvgIpc) is 2.45. The lowest BCUT2D eigenvalue weighted by atomic mass is 10.0. The lowest BCUT2D eigenvalue weighted by molar-refractivity contribution is -0.390. The minimum atomic E-state index is -4.46. The molecule has 5 nitrogen and oxygen atoms in total. The molecule has 1 heterocycles. The molecule has 0 aliphatic carbocycles. The van der Waals surface area contributed by atoms with Gasteiger partial charge in [0.15, 0.2) is 0 Å². The first-order chi connectivity index (χ1) is 9.82. The molecule has 0 radical (unpaired) electrons. The Morgan fingerprint density at radius 2 is 1.95 bits per heavy atom. The molecular weight excluding hydrogens is 289 g/mol. The number of hydrogen-bond donors (Lipinski definition) is 0. The normalized spacial score (nSPS) is 11.2. The fourth-order valence-corrected chi connectivity index (χ4v) is 1.76. The van der Waals surface area contributed by atoms with Crippen molar-refractivity contribution in [3.63, 3.8) is 0 Å². The second kappa shape index (κ2) is 5.39. The lowest BCUT2D eigenvalue weighted by Gasteiger charge is -2.09. The van der Waals surface area contributed by atoms with Crippen LogP contribution in [0.1, 0.15) is 5.56 Å². The van der Waals surface area contributed by atoms with E-state index in [1.807, 2.05) is 0 Å². The van der Waals surface area contributed by atoms with Crippen LogP contribution in [-0.4, -0.2) is 17.0 Å². The maximum atomic E-state index is 12.7. The van der Waals surface area contributed by atoms with Crippen LogP contribution in [0.4, 0.5) is 19.0 Å². The molecular formula is C13H9F3N2O3. The van der Waals surface area contributed by atoms with E-state index in [4.69, 9.17) is 4.74 Å². The lowest BCUT2D eigenvalue weighted by Crippen LogP contribution is -2.04. The Morgan fingerprint density at radius 3 is 2.52 bits per heavy atom. The van der Waals surface area contributed by atoms with Crippen molar-refractivity contribution in [2.75, 3.05) is 7.11 Å². The first-order valence-corrected chi connectivity index (χ1v) is 5.69. The van der Waals surface area contributed by atoms with Crippen molar-refractivity contribution < 1.29 is 22.8 Å². The van der Waals surface area contributed by atoms with Gasteiger partial charge in [0.1, 0.15) is 6.20 Å². The maximum Gasteiger partial charge on any atom is 0.416 e. The molecule has 0 fully saturated rings. The highest BCUT2D eigenvalue weighted by Gasteiger charge is 2.30. The number of rotatable bonds is 3. The highest BCUT2D eigenvalue weighted by molar-refractivity contribution is 5.66. The van der Waals surface area contributed by atoms with E-state index in [0.717, 1.165) is 18.3 Å². The van der Waals surface area contributed by atoms with Crippen molar-refractivity contribution in [2.45, 2.75) is 6.18 Å². The van der Waals surface area contributed by atoms with E-state index in [9.17, 15) is 23.3 Å². The summed E-state index contributed by atoms with van der Waals surface area (Å²) in [5.41, 5.74) is -0.272. The van der Waals surface area contributed by atoms with E-state index in [0.29, 0.717) is 5.56 Å². The molecule has 0 amide bonds. The molecule has 0 aliphatic rings. The van der Waals surface area contributed by atoms with E-state index >= 15 is 0 Å². The van der Waals surface area contributed by atoms with Gasteiger partial charge in [-0.1, -0.05) is 12.1 Å². The Hall–Kier alpha value is -2.64. The third-order valence-corrected chi connectivity index (χ3v) is 2.75. The molecule has 0 N–H and O–H groups in total. The summed E-state index contributed by atoms with van der Waals surface area (Å²) in [6.45, 7) is 0. The summed E-state index contributed by atoms with van der Waals surface area (Å²) in [5.74, 6) is -0.608. The summed E-state index contributed by atoms with van der Waals surface area (Å²) in [6.07, 6.45) is -3.33. The van der Waals surface area contributed by atoms with Gasteiger partial charge in [0, 0.05) is 11.6 Å². The molecule has 1 aromatic carbocycles. The number of nitrogens with zero attached hydrogens (tertiary/aromatic N) is 2. The molecule has 0 saturated carbocycles. The van der Waals surface area contributed by atoms with E-state index in [2.05, 4.69) is 4.98 Å². The number of ether oxygens (including phenoxy) is 1. The van der Waals surface area contributed by atoms with Gasteiger partial charge < -0.3 is 14.9 Å². The minimum absolute atomic E-state index is 0.116. The van der Waals surface area contributed by atoms with Gasteiger partial charge in [-0.15, -0.1) is 0 Å². The van der Waals surface area contributed by atoms with E-state index in [-0.39, 0.29) is 11.3 Å². The molecule has 0 aliphatic heterocycles. The molecule has 21 heavy (non-hydrogen) atoms. The molecule has 0 spiro atoms. The van der Waals surface area contributed by atoms with Crippen molar-refractivity contribution in [3.8, 4) is 16.9 Å². The van der Waals surface area contributed by atoms with Crippen molar-refractivity contribution in [2.24, 2.45) is 0 Å². The Bertz CT molecular complexity index is 687. The summed E-state index contributed by atoms with van der Waals surface area (Å²) in [6, 6.07) is 5.88. The van der Waals surface area contributed by atoms with Gasteiger partial charge in [0.2, 0.25) is 5.75 Å². The van der Waals surface area contributed by atoms with Crippen LogP contribution in [0.2, 0.25) is 0 Å². The fourth-order valence-electron chi connectivity index (χ4n) is 1.76. The van der Waals surface area contributed by atoms with Gasteiger partial charge in [0.05, 0.1) is 12.7 Å². The first-order valence-electron chi connectivity index (χ1n) is 5.69. The van der Waals surface area contributed by atoms with Gasteiger partial charge >= 0.3 is 12.0 Å². The van der Waals surface area contributed by atoms with Gasteiger partial charge in [-0.2, -0.15) is 13.2 Å². The van der Waals surface area contributed by atoms with E-state index in [1.165, 1.54) is 25.3 Å². The quantitative estimate of drug-likeness (QED) is 0.640. The van der Waals surface area contributed by atoms with Crippen LogP contribution in [-0.2, 0) is 6.18 Å². The highest BCUT2D eigenvalue weighted by Crippen LogP contribution is 2.34. The Morgan fingerprint density at radius 1 is 1.24 bits per heavy atom. The average molecular weight is 298 g/mol. The van der Waals surface area contributed by atoms with Crippen molar-refractivity contribution in [1.82, 2.24) is 4.98 Å². The molecule has 1 aromatic heterocycles. The first kappa shape index (κ1) is 14.8. The zero-order chi connectivity index (χ0) is 15.6. The summed E-state index contributed by atoms with van der Waals surface area (Å²) < 4.78 is 42.8. The summed E-state index contributed by atoms with van der Waals surface area (Å²) in [4.78, 5) is 13.6. The van der Waals surface area contributed by atoms with Crippen LogP contribution in [0, 0.1) is 10.1 Å². The van der Waals surface area contributed by atoms with Crippen molar-refractivity contribution in [1.29, 1.82) is 0 Å². The molecule has 2 rings (SSSR count). The zero-order valence-corrected chi connectivity index (χ0v) is 10.7. The smallest absolute Gasteiger partial charge is 0.416 e. The largest absolute Gasteiger partial charge is 0.489 e. The van der Waals surface area contributed by atoms with Crippen LogP contribution < -0.4 is 4.74 Å². The van der Waals surface area contributed by atoms with Crippen molar-refractivity contribution in [3.05, 3.63) is 52.2 Å². The standard InChI is InChI=1S/C13H9F3N2O3/c1-21-11-6-9(7-17-12(11)18(19)20)8-3-2-4-10(5-8)13(14,15)16/h2-7H,1H3. The maximum absolute atomic E-state index is 12.7. The third-order valence-electron chi connectivity index (χ3n) is 2.75. The monoisotopic (exact) mass is 298 g/mol. The van der Waals surface area contributed by atoms with Crippen LogP contribution >= 0.6 is 0 Å². The van der Waals surface area contributed by atoms with Crippen LogP contribution in [0.5, 0.6) is 5.75 Å². The van der Waals surface area contributed by atoms with Gasteiger partial charge in [-0.25, -0.2) is 0 Å². The van der Waals surface area contributed by atoms with Crippen LogP contribution in [0.25, 0.3) is 11.1 Å². The molecule has 8 heteroatoms. The number of hydrogen-bond acceptors (Lipinski definition) is 4. The number of aromatic nitrogens is 1. The number of halogens is 3. The Balaban J connectivity index is 2.50. The topological polar surface area (TPSA) is 65.3 Å². The number of benzene rings is 1. The zero-order valence-electron chi connectivity index (χ0n) is 10.7. The van der Waals surface area contributed by atoms with Crippen LogP contribution in [0.3, 0.4) is 0 Å². The second-order valence-electron chi connectivity index (χ2n) is 4.09.